The van der Waals surface area contributed by atoms with Crippen molar-refractivity contribution in [3.63, 3.8) is 0 Å². The number of carbonyl (C=O) groups excluding carboxylic acids is 1. The van der Waals surface area contributed by atoms with Gasteiger partial charge in [0.15, 0.2) is 0 Å². The summed E-state index contributed by atoms with van der Waals surface area (Å²) in [6.07, 6.45) is 6.47. The standard InChI is InChI=1S/C14H18N6O/c1-10-6-13(18-9-16-10)19-11-2-4-20(5-3-11)14(21)12-7-15-8-17-12/h6-9,11H,2-5H2,1H3,(H,15,17)(H,16,18,19). The number of aryl methyl sites for hydroxylation is 1. The van der Waals surface area contributed by atoms with Gasteiger partial charge < -0.3 is 15.2 Å². The smallest absolute Gasteiger partial charge is 0.271 e. The maximum atomic E-state index is 12.2. The molecule has 2 N–H and O–H groups in total. The Labute approximate surface area is 122 Å². The van der Waals surface area contributed by atoms with Gasteiger partial charge in [-0.3, -0.25) is 4.79 Å². The molecule has 7 nitrogen and oxygen atoms in total. The number of anilines is 1. The number of H-pyrrole nitrogens is 1. The van der Waals surface area contributed by atoms with Crippen molar-refractivity contribution in [1.82, 2.24) is 24.8 Å². The van der Waals surface area contributed by atoms with Crippen LogP contribution in [-0.4, -0.2) is 49.9 Å². The average molecular weight is 286 g/mol. The Hall–Kier alpha value is -2.44. The third kappa shape index (κ3) is 3.18. The van der Waals surface area contributed by atoms with Crippen molar-refractivity contribution in [3.8, 4) is 0 Å². The summed E-state index contributed by atoms with van der Waals surface area (Å²) in [5.41, 5.74) is 1.49. The van der Waals surface area contributed by atoms with Crippen LogP contribution in [0.25, 0.3) is 0 Å². The number of piperidine rings is 1. The van der Waals surface area contributed by atoms with Crippen LogP contribution in [0.15, 0.2) is 24.9 Å². The molecule has 1 saturated heterocycles. The van der Waals surface area contributed by atoms with E-state index in [0.29, 0.717) is 11.7 Å². The van der Waals surface area contributed by atoms with Gasteiger partial charge in [-0.05, 0) is 19.8 Å². The van der Waals surface area contributed by atoms with E-state index in [-0.39, 0.29) is 5.91 Å². The van der Waals surface area contributed by atoms with Crippen LogP contribution >= 0.6 is 0 Å². The molecule has 7 heteroatoms. The number of imidazole rings is 1. The quantitative estimate of drug-likeness (QED) is 0.886. The number of amides is 1. The van der Waals surface area contributed by atoms with E-state index in [9.17, 15) is 4.79 Å². The van der Waals surface area contributed by atoms with Gasteiger partial charge in [-0.15, -0.1) is 0 Å². The highest BCUT2D eigenvalue weighted by molar-refractivity contribution is 5.92. The molecule has 1 amide bonds. The molecule has 0 radical (unpaired) electrons. The molecule has 0 atom stereocenters. The van der Waals surface area contributed by atoms with E-state index in [2.05, 4.69) is 25.3 Å². The van der Waals surface area contributed by atoms with Crippen molar-refractivity contribution in [2.24, 2.45) is 0 Å². The number of rotatable bonds is 3. The van der Waals surface area contributed by atoms with E-state index in [0.717, 1.165) is 37.4 Å². The number of carbonyl (C=O) groups is 1. The second-order valence-electron chi connectivity index (χ2n) is 5.22. The fourth-order valence-corrected chi connectivity index (χ4v) is 2.51. The maximum Gasteiger partial charge on any atom is 0.271 e. The summed E-state index contributed by atoms with van der Waals surface area (Å²) in [6.45, 7) is 3.41. The summed E-state index contributed by atoms with van der Waals surface area (Å²) in [6, 6.07) is 2.27. The number of aromatic nitrogens is 4. The molecule has 0 bridgehead atoms. The summed E-state index contributed by atoms with van der Waals surface area (Å²) < 4.78 is 0. The summed E-state index contributed by atoms with van der Waals surface area (Å²) >= 11 is 0. The van der Waals surface area contributed by atoms with E-state index >= 15 is 0 Å². The molecule has 0 aliphatic carbocycles. The van der Waals surface area contributed by atoms with E-state index < -0.39 is 0 Å². The minimum Gasteiger partial charge on any atom is -0.367 e. The van der Waals surface area contributed by atoms with E-state index in [1.807, 2.05) is 17.9 Å². The molecule has 0 saturated carbocycles. The Morgan fingerprint density at radius 3 is 2.86 bits per heavy atom. The Morgan fingerprint density at radius 1 is 1.38 bits per heavy atom. The molecular weight excluding hydrogens is 268 g/mol. The largest absolute Gasteiger partial charge is 0.367 e. The number of likely N-dealkylation sites (tertiary alicyclic amines) is 1. The van der Waals surface area contributed by atoms with Gasteiger partial charge >= 0.3 is 0 Å². The normalized spacial score (nSPS) is 16.0. The Kier molecular flexibility index (Phi) is 3.81. The van der Waals surface area contributed by atoms with Crippen molar-refractivity contribution in [1.29, 1.82) is 0 Å². The Balaban J connectivity index is 1.54. The first-order valence-corrected chi connectivity index (χ1v) is 7.05. The van der Waals surface area contributed by atoms with Crippen LogP contribution in [0.5, 0.6) is 0 Å². The molecule has 110 valence electrons. The molecule has 3 heterocycles. The lowest BCUT2D eigenvalue weighted by molar-refractivity contribution is 0.0713. The van der Waals surface area contributed by atoms with Gasteiger partial charge in [0, 0.05) is 30.9 Å². The first kappa shape index (κ1) is 13.5. The Morgan fingerprint density at radius 2 is 2.19 bits per heavy atom. The number of nitrogens with zero attached hydrogens (tertiary/aromatic N) is 4. The summed E-state index contributed by atoms with van der Waals surface area (Å²) in [5, 5.41) is 3.41. The minimum atomic E-state index is 0.0174. The van der Waals surface area contributed by atoms with Crippen LogP contribution in [0.2, 0.25) is 0 Å². The monoisotopic (exact) mass is 286 g/mol. The molecule has 21 heavy (non-hydrogen) atoms. The maximum absolute atomic E-state index is 12.2. The third-order valence-electron chi connectivity index (χ3n) is 3.67. The molecule has 0 aromatic carbocycles. The predicted molar refractivity (Wildman–Crippen MR) is 77.9 cm³/mol. The van der Waals surface area contributed by atoms with Crippen LogP contribution in [0, 0.1) is 6.92 Å². The second kappa shape index (κ2) is 5.90. The number of hydrogen-bond donors (Lipinski definition) is 2. The number of hydrogen-bond acceptors (Lipinski definition) is 5. The van der Waals surface area contributed by atoms with E-state index in [1.54, 1.807) is 12.5 Å². The molecule has 1 aliphatic heterocycles. The van der Waals surface area contributed by atoms with Crippen LogP contribution in [-0.2, 0) is 0 Å². The number of aromatic amines is 1. The highest BCUT2D eigenvalue weighted by atomic mass is 16.2. The van der Waals surface area contributed by atoms with Crippen molar-refractivity contribution in [2.45, 2.75) is 25.8 Å². The molecule has 3 rings (SSSR count). The average Bonchev–Trinajstić information content (AvgIpc) is 3.01. The van der Waals surface area contributed by atoms with E-state index in [1.165, 1.54) is 6.33 Å². The molecule has 0 spiro atoms. The van der Waals surface area contributed by atoms with Gasteiger partial charge in [-0.2, -0.15) is 0 Å². The molecule has 1 fully saturated rings. The first-order chi connectivity index (χ1) is 10.2. The molecule has 2 aromatic rings. The van der Waals surface area contributed by atoms with Crippen molar-refractivity contribution in [2.75, 3.05) is 18.4 Å². The predicted octanol–water partition coefficient (Wildman–Crippen LogP) is 1.22. The highest BCUT2D eigenvalue weighted by Gasteiger charge is 2.24. The molecule has 2 aromatic heterocycles. The fourth-order valence-electron chi connectivity index (χ4n) is 2.51. The van der Waals surface area contributed by atoms with Crippen LogP contribution in [0.4, 0.5) is 5.82 Å². The van der Waals surface area contributed by atoms with Crippen molar-refractivity contribution < 1.29 is 4.79 Å². The first-order valence-electron chi connectivity index (χ1n) is 7.05. The fraction of sp³-hybridized carbons (Fsp3) is 0.429. The SMILES string of the molecule is Cc1cc(NC2CCN(C(=O)c3cnc[nH]3)CC2)ncn1. The van der Waals surface area contributed by atoms with Gasteiger partial charge in [0.2, 0.25) is 0 Å². The molecule has 0 unspecified atom stereocenters. The van der Waals surface area contributed by atoms with Crippen LogP contribution < -0.4 is 5.32 Å². The molecular formula is C14H18N6O. The van der Waals surface area contributed by atoms with Crippen molar-refractivity contribution >= 4 is 11.7 Å². The third-order valence-corrected chi connectivity index (χ3v) is 3.67. The zero-order valence-electron chi connectivity index (χ0n) is 11.9. The van der Waals surface area contributed by atoms with Gasteiger partial charge in [-0.25, -0.2) is 15.0 Å². The lowest BCUT2D eigenvalue weighted by Gasteiger charge is -2.32. The van der Waals surface area contributed by atoms with Crippen molar-refractivity contribution in [3.05, 3.63) is 36.3 Å². The highest BCUT2D eigenvalue weighted by Crippen LogP contribution is 2.16. The van der Waals surface area contributed by atoms with Gasteiger partial charge in [0.05, 0.1) is 12.5 Å². The Bertz CT molecular complexity index is 604. The van der Waals surface area contributed by atoms with Crippen LogP contribution in [0.1, 0.15) is 29.0 Å². The van der Waals surface area contributed by atoms with Crippen LogP contribution in [0.3, 0.4) is 0 Å². The summed E-state index contributed by atoms with van der Waals surface area (Å²) in [7, 11) is 0. The zero-order valence-corrected chi connectivity index (χ0v) is 11.9. The van der Waals surface area contributed by atoms with E-state index in [4.69, 9.17) is 0 Å². The zero-order chi connectivity index (χ0) is 14.7. The number of nitrogens with one attached hydrogen (secondary N) is 2. The summed E-state index contributed by atoms with van der Waals surface area (Å²) in [5.74, 6) is 0.865. The minimum absolute atomic E-state index is 0.0174. The van der Waals surface area contributed by atoms with Gasteiger partial charge in [0.25, 0.3) is 5.91 Å². The van der Waals surface area contributed by atoms with Gasteiger partial charge in [0.1, 0.15) is 17.8 Å². The lowest BCUT2D eigenvalue weighted by atomic mass is 10.0. The molecule has 1 aliphatic rings. The lowest BCUT2D eigenvalue weighted by Crippen LogP contribution is -2.42. The van der Waals surface area contributed by atoms with Gasteiger partial charge in [-0.1, -0.05) is 0 Å². The summed E-state index contributed by atoms with van der Waals surface area (Å²) in [4.78, 5) is 29.1. The second-order valence-corrected chi connectivity index (χ2v) is 5.22. The topological polar surface area (TPSA) is 86.8 Å².